The maximum absolute atomic E-state index is 11.7. The first-order valence-corrected chi connectivity index (χ1v) is 7.58. The molecule has 0 bridgehead atoms. The summed E-state index contributed by atoms with van der Waals surface area (Å²) in [7, 11) is 0. The Balaban J connectivity index is 2.55. The fourth-order valence-electron chi connectivity index (χ4n) is 1.53. The van der Waals surface area contributed by atoms with Crippen molar-refractivity contribution in [3.8, 4) is 0 Å². The van der Waals surface area contributed by atoms with Crippen molar-refractivity contribution in [1.29, 1.82) is 0 Å². The molecule has 1 N–H and O–H groups in total. The molecule has 0 heterocycles. The lowest BCUT2D eigenvalue weighted by Crippen LogP contribution is -2.45. The van der Waals surface area contributed by atoms with Crippen LogP contribution in [0, 0.1) is 0 Å². The van der Waals surface area contributed by atoms with Crippen LogP contribution in [-0.2, 0) is 16.1 Å². The number of hydrogen-bond acceptors (Lipinski definition) is 2. The summed E-state index contributed by atoms with van der Waals surface area (Å²) in [4.78, 5) is 11.7. The topological polar surface area (TPSA) is 38.3 Å². The van der Waals surface area contributed by atoms with Gasteiger partial charge in [0.2, 0.25) is 9.70 Å². The average molecular weight is 339 g/mol. The first-order valence-electron chi connectivity index (χ1n) is 6.45. The van der Waals surface area contributed by atoms with E-state index in [1.165, 1.54) is 0 Å². The normalized spacial score (nSPS) is 13.0. The van der Waals surface area contributed by atoms with Gasteiger partial charge in [0.25, 0.3) is 0 Å². The van der Waals surface area contributed by atoms with Crippen molar-refractivity contribution in [1.82, 2.24) is 5.32 Å². The summed E-state index contributed by atoms with van der Waals surface area (Å²) in [6.07, 6.45) is 1.13. The standard InChI is InChI=1S/C14H18Cl3NO2/c1-2-3-9-12(19)18-13(14(15,16)17)20-10-11-7-5-4-6-8-11/h4-8,13H,2-3,9-10H2,1H3,(H,18,19)/t13-/m0/s1. The Labute approximate surface area is 134 Å². The lowest BCUT2D eigenvalue weighted by atomic mass is 10.2. The molecule has 0 unspecified atom stereocenters. The molecule has 112 valence electrons. The maximum atomic E-state index is 11.7. The van der Waals surface area contributed by atoms with E-state index in [0.29, 0.717) is 6.42 Å². The van der Waals surface area contributed by atoms with Gasteiger partial charge in [0.05, 0.1) is 6.61 Å². The van der Waals surface area contributed by atoms with E-state index < -0.39 is 10.0 Å². The van der Waals surface area contributed by atoms with Crippen molar-refractivity contribution >= 4 is 40.7 Å². The predicted molar refractivity (Wildman–Crippen MR) is 83.0 cm³/mol. The van der Waals surface area contributed by atoms with Crippen LogP contribution in [0.25, 0.3) is 0 Å². The summed E-state index contributed by atoms with van der Waals surface area (Å²) in [5.74, 6) is -0.184. The van der Waals surface area contributed by atoms with Crippen LogP contribution in [0.4, 0.5) is 0 Å². The fraction of sp³-hybridized carbons (Fsp3) is 0.500. The zero-order valence-corrected chi connectivity index (χ0v) is 13.5. The number of hydrogen-bond donors (Lipinski definition) is 1. The number of alkyl halides is 3. The van der Waals surface area contributed by atoms with Crippen LogP contribution in [0.1, 0.15) is 31.7 Å². The molecule has 1 amide bonds. The first-order chi connectivity index (χ1) is 9.43. The highest BCUT2D eigenvalue weighted by molar-refractivity contribution is 6.68. The van der Waals surface area contributed by atoms with Crippen molar-refractivity contribution in [2.75, 3.05) is 0 Å². The van der Waals surface area contributed by atoms with Crippen molar-refractivity contribution < 1.29 is 9.53 Å². The molecule has 0 aliphatic rings. The van der Waals surface area contributed by atoms with Gasteiger partial charge >= 0.3 is 0 Å². The van der Waals surface area contributed by atoms with Crippen LogP contribution >= 0.6 is 34.8 Å². The number of nitrogens with one attached hydrogen (secondary N) is 1. The van der Waals surface area contributed by atoms with Crippen molar-refractivity contribution in [2.45, 2.75) is 42.8 Å². The van der Waals surface area contributed by atoms with Crippen molar-refractivity contribution in [3.63, 3.8) is 0 Å². The van der Waals surface area contributed by atoms with Gasteiger partial charge in [-0.25, -0.2) is 0 Å². The van der Waals surface area contributed by atoms with Crippen LogP contribution in [0.3, 0.4) is 0 Å². The third-order valence-electron chi connectivity index (χ3n) is 2.61. The van der Waals surface area contributed by atoms with Crippen LogP contribution < -0.4 is 5.32 Å². The molecule has 0 saturated carbocycles. The SMILES string of the molecule is CCCCC(=O)N[C@@H](OCc1ccccc1)C(Cl)(Cl)Cl. The monoisotopic (exact) mass is 337 g/mol. The van der Waals surface area contributed by atoms with E-state index in [0.717, 1.165) is 18.4 Å². The minimum absolute atomic E-state index is 0.184. The van der Waals surface area contributed by atoms with Gasteiger partial charge in [-0.05, 0) is 12.0 Å². The summed E-state index contributed by atoms with van der Waals surface area (Å²) < 4.78 is 3.80. The Bertz CT molecular complexity index is 407. The number of ether oxygens (including phenoxy) is 1. The Kier molecular flexibility index (Phi) is 7.67. The van der Waals surface area contributed by atoms with E-state index in [1.54, 1.807) is 0 Å². The van der Waals surface area contributed by atoms with E-state index in [9.17, 15) is 4.79 Å². The smallest absolute Gasteiger partial charge is 0.234 e. The molecule has 0 aliphatic heterocycles. The number of amides is 1. The quantitative estimate of drug-likeness (QED) is 0.597. The minimum atomic E-state index is -1.71. The third kappa shape index (κ3) is 6.80. The van der Waals surface area contributed by atoms with E-state index in [1.807, 2.05) is 37.3 Å². The largest absolute Gasteiger partial charge is 0.349 e. The van der Waals surface area contributed by atoms with Gasteiger partial charge in [-0.2, -0.15) is 0 Å². The molecule has 1 aromatic rings. The molecule has 20 heavy (non-hydrogen) atoms. The summed E-state index contributed by atoms with van der Waals surface area (Å²) in [6, 6.07) is 9.48. The second-order valence-electron chi connectivity index (χ2n) is 4.39. The summed E-state index contributed by atoms with van der Waals surface area (Å²) in [6.45, 7) is 2.26. The van der Waals surface area contributed by atoms with E-state index in [2.05, 4.69) is 5.32 Å². The zero-order valence-electron chi connectivity index (χ0n) is 11.2. The number of benzene rings is 1. The molecule has 1 aromatic carbocycles. The number of rotatable bonds is 7. The summed E-state index contributed by atoms with van der Waals surface area (Å²) in [5.41, 5.74) is 0.939. The number of carbonyl (C=O) groups excluding carboxylic acids is 1. The molecular weight excluding hydrogens is 321 g/mol. The van der Waals surface area contributed by atoms with Crippen LogP contribution in [0.2, 0.25) is 0 Å². The fourth-order valence-corrected chi connectivity index (χ4v) is 1.88. The van der Waals surface area contributed by atoms with Gasteiger partial charge in [0, 0.05) is 6.42 Å². The van der Waals surface area contributed by atoms with Gasteiger partial charge in [-0.15, -0.1) is 0 Å². The van der Waals surface area contributed by atoms with Gasteiger partial charge in [0.1, 0.15) is 0 Å². The van der Waals surface area contributed by atoms with E-state index in [4.69, 9.17) is 39.5 Å². The second kappa shape index (κ2) is 8.73. The van der Waals surface area contributed by atoms with Crippen molar-refractivity contribution in [2.24, 2.45) is 0 Å². The summed E-state index contributed by atoms with van der Waals surface area (Å²) >= 11 is 17.5. The number of carbonyl (C=O) groups is 1. The van der Waals surface area contributed by atoms with Crippen LogP contribution in [0.5, 0.6) is 0 Å². The lowest BCUT2D eigenvalue weighted by molar-refractivity contribution is -0.126. The molecule has 1 atom stereocenters. The van der Waals surface area contributed by atoms with Gasteiger partial charge in [-0.1, -0.05) is 78.5 Å². The molecule has 0 spiro atoms. The average Bonchev–Trinajstić information content (AvgIpc) is 2.41. The van der Waals surface area contributed by atoms with Gasteiger partial charge in [0.15, 0.2) is 6.23 Å². The molecular formula is C14H18Cl3NO2. The predicted octanol–water partition coefficient (Wildman–Crippen LogP) is 4.21. The molecule has 0 radical (unpaired) electrons. The summed E-state index contributed by atoms with van der Waals surface area (Å²) in [5, 5.41) is 2.61. The highest BCUT2D eigenvalue weighted by atomic mass is 35.6. The highest BCUT2D eigenvalue weighted by Gasteiger charge is 2.34. The van der Waals surface area contributed by atoms with Gasteiger partial charge < -0.3 is 10.1 Å². The van der Waals surface area contributed by atoms with Crippen LogP contribution in [-0.4, -0.2) is 15.9 Å². The molecule has 6 heteroatoms. The molecule has 3 nitrogen and oxygen atoms in total. The molecule has 0 aromatic heterocycles. The Morgan fingerprint density at radius 3 is 2.50 bits per heavy atom. The third-order valence-corrected chi connectivity index (χ3v) is 3.20. The molecule has 0 fully saturated rings. The minimum Gasteiger partial charge on any atom is -0.349 e. The Morgan fingerprint density at radius 2 is 1.95 bits per heavy atom. The van der Waals surface area contributed by atoms with Gasteiger partial charge in [-0.3, -0.25) is 4.79 Å². The second-order valence-corrected chi connectivity index (χ2v) is 6.76. The van der Waals surface area contributed by atoms with Crippen LogP contribution in [0.15, 0.2) is 30.3 Å². The van der Waals surface area contributed by atoms with E-state index >= 15 is 0 Å². The first kappa shape index (κ1) is 17.6. The van der Waals surface area contributed by atoms with E-state index in [-0.39, 0.29) is 12.5 Å². The molecule has 1 rings (SSSR count). The Morgan fingerprint density at radius 1 is 1.30 bits per heavy atom. The molecule has 0 aliphatic carbocycles. The Hall–Kier alpha value is -0.480. The number of unbranched alkanes of at least 4 members (excludes halogenated alkanes) is 1. The molecule has 0 saturated heterocycles. The van der Waals surface area contributed by atoms with Crippen molar-refractivity contribution in [3.05, 3.63) is 35.9 Å². The maximum Gasteiger partial charge on any atom is 0.234 e. The number of halogens is 3. The lowest BCUT2D eigenvalue weighted by Gasteiger charge is -2.25. The highest BCUT2D eigenvalue weighted by Crippen LogP contribution is 2.31. The zero-order chi connectivity index (χ0) is 15.0.